The van der Waals surface area contributed by atoms with Crippen molar-refractivity contribution in [2.75, 3.05) is 19.8 Å². The van der Waals surface area contributed by atoms with E-state index in [1.807, 2.05) is 37.3 Å². The van der Waals surface area contributed by atoms with Gasteiger partial charge < -0.3 is 14.2 Å². The van der Waals surface area contributed by atoms with Crippen LogP contribution in [0.1, 0.15) is 12.5 Å². The Labute approximate surface area is 176 Å². The van der Waals surface area contributed by atoms with Crippen molar-refractivity contribution in [1.29, 1.82) is 0 Å². The van der Waals surface area contributed by atoms with Crippen molar-refractivity contribution >= 4 is 33.7 Å². The predicted molar refractivity (Wildman–Crippen MR) is 111 cm³/mol. The molecule has 0 atom stereocenters. The summed E-state index contributed by atoms with van der Waals surface area (Å²) in [7, 11) is 0. The molecular weight excluding hydrogens is 448 g/mol. The van der Waals surface area contributed by atoms with E-state index in [-0.39, 0.29) is 0 Å². The van der Waals surface area contributed by atoms with Crippen molar-refractivity contribution < 1.29 is 14.2 Å². The molecule has 0 fully saturated rings. The lowest BCUT2D eigenvalue weighted by atomic mass is 10.2. The van der Waals surface area contributed by atoms with Gasteiger partial charge in [-0.3, -0.25) is 0 Å². The molecule has 0 aliphatic rings. The summed E-state index contributed by atoms with van der Waals surface area (Å²) in [6.07, 6.45) is 4.62. The minimum atomic E-state index is 0.323. The number of aromatic nitrogens is 3. The van der Waals surface area contributed by atoms with Crippen LogP contribution in [-0.2, 0) is 0 Å². The topological polar surface area (TPSA) is 70.8 Å². The summed E-state index contributed by atoms with van der Waals surface area (Å²) in [4.78, 5) is 0. The van der Waals surface area contributed by atoms with Crippen LogP contribution in [0.2, 0.25) is 5.02 Å². The third-order valence-electron chi connectivity index (χ3n) is 3.49. The molecule has 1 aromatic heterocycles. The molecule has 7 nitrogen and oxygen atoms in total. The molecule has 0 saturated carbocycles. The van der Waals surface area contributed by atoms with Gasteiger partial charge in [0.05, 0.1) is 17.8 Å². The first-order chi connectivity index (χ1) is 13.7. The molecule has 0 saturated heterocycles. The third kappa shape index (κ3) is 5.71. The molecule has 0 radical (unpaired) electrons. The van der Waals surface area contributed by atoms with Crippen LogP contribution in [0.25, 0.3) is 0 Å². The van der Waals surface area contributed by atoms with E-state index in [0.717, 1.165) is 15.8 Å². The smallest absolute Gasteiger partial charge is 0.179 e. The molecule has 3 aromatic rings. The summed E-state index contributed by atoms with van der Waals surface area (Å²) in [5, 5.41) is 12.0. The Morgan fingerprint density at radius 3 is 2.50 bits per heavy atom. The van der Waals surface area contributed by atoms with Gasteiger partial charge in [0.25, 0.3) is 0 Å². The number of benzene rings is 2. The van der Waals surface area contributed by atoms with Gasteiger partial charge in [-0.05, 0) is 48.9 Å². The Kier molecular flexibility index (Phi) is 7.27. The number of nitrogens with zero attached hydrogens (tertiary/aromatic N) is 4. The van der Waals surface area contributed by atoms with Gasteiger partial charge in [0, 0.05) is 4.47 Å². The lowest BCUT2D eigenvalue weighted by Gasteiger charge is -2.14. The summed E-state index contributed by atoms with van der Waals surface area (Å²) < 4.78 is 19.6. The molecule has 3 rings (SSSR count). The molecule has 0 aliphatic heterocycles. The maximum Gasteiger partial charge on any atom is 0.179 e. The van der Waals surface area contributed by atoms with E-state index in [9.17, 15) is 0 Å². The molecule has 9 heteroatoms. The van der Waals surface area contributed by atoms with Crippen molar-refractivity contribution in [2.45, 2.75) is 6.92 Å². The van der Waals surface area contributed by atoms with Crippen LogP contribution in [0.3, 0.4) is 0 Å². The van der Waals surface area contributed by atoms with Gasteiger partial charge in [-0.15, -0.1) is 10.2 Å². The van der Waals surface area contributed by atoms with Crippen molar-refractivity contribution in [2.24, 2.45) is 5.10 Å². The molecule has 0 bridgehead atoms. The highest BCUT2D eigenvalue weighted by Gasteiger charge is 2.12. The molecular formula is C19H18BrClN4O3. The van der Waals surface area contributed by atoms with E-state index < -0.39 is 0 Å². The second kappa shape index (κ2) is 10.1. The highest BCUT2D eigenvalue weighted by atomic mass is 79.9. The highest BCUT2D eigenvalue weighted by Crippen LogP contribution is 2.36. The average Bonchev–Trinajstić information content (AvgIpc) is 3.20. The maximum atomic E-state index is 6.40. The summed E-state index contributed by atoms with van der Waals surface area (Å²) in [6.45, 7) is 3.07. The molecule has 1 heterocycles. The Hall–Kier alpha value is -2.58. The first-order valence-electron chi connectivity index (χ1n) is 8.52. The third-order valence-corrected chi connectivity index (χ3v) is 4.30. The van der Waals surface area contributed by atoms with Crippen molar-refractivity contribution in [1.82, 2.24) is 14.9 Å². The zero-order chi connectivity index (χ0) is 19.8. The molecule has 28 heavy (non-hydrogen) atoms. The second-order valence-corrected chi connectivity index (χ2v) is 6.82. The Morgan fingerprint density at radius 1 is 1.07 bits per heavy atom. The number of hydrogen-bond donors (Lipinski definition) is 0. The van der Waals surface area contributed by atoms with Gasteiger partial charge in [0.15, 0.2) is 11.5 Å². The van der Waals surface area contributed by atoms with Crippen molar-refractivity contribution in [3.8, 4) is 17.2 Å². The zero-order valence-electron chi connectivity index (χ0n) is 15.1. The number of ether oxygens (including phenoxy) is 3. The maximum absolute atomic E-state index is 6.40. The first-order valence-corrected chi connectivity index (χ1v) is 9.69. The van der Waals surface area contributed by atoms with Crippen LogP contribution in [-0.4, -0.2) is 40.9 Å². The van der Waals surface area contributed by atoms with Crippen molar-refractivity contribution in [3.63, 3.8) is 0 Å². The Balaban J connectivity index is 1.64. The van der Waals surface area contributed by atoms with Crippen LogP contribution >= 0.6 is 27.5 Å². The van der Waals surface area contributed by atoms with Gasteiger partial charge in [0.2, 0.25) is 0 Å². The lowest BCUT2D eigenvalue weighted by molar-refractivity contribution is 0.208. The fourth-order valence-electron chi connectivity index (χ4n) is 2.29. The molecule has 0 spiro atoms. The number of halogens is 2. The van der Waals surface area contributed by atoms with E-state index in [0.29, 0.717) is 36.3 Å². The van der Waals surface area contributed by atoms with Crippen LogP contribution in [0.15, 0.2) is 58.6 Å². The molecule has 0 amide bonds. The molecule has 0 aliphatic carbocycles. The van der Waals surface area contributed by atoms with Gasteiger partial charge in [-0.25, -0.2) is 4.68 Å². The number of hydrogen-bond acceptors (Lipinski definition) is 6. The zero-order valence-corrected chi connectivity index (χ0v) is 17.4. The highest BCUT2D eigenvalue weighted by molar-refractivity contribution is 9.10. The van der Waals surface area contributed by atoms with Crippen LogP contribution in [0.5, 0.6) is 17.2 Å². The van der Waals surface area contributed by atoms with Crippen LogP contribution < -0.4 is 14.2 Å². The van der Waals surface area contributed by atoms with E-state index in [2.05, 4.69) is 31.2 Å². The van der Waals surface area contributed by atoms with E-state index in [1.165, 1.54) is 17.3 Å². The fourth-order valence-corrected chi connectivity index (χ4v) is 2.83. The van der Waals surface area contributed by atoms with Gasteiger partial charge in [-0.2, -0.15) is 5.10 Å². The molecule has 146 valence electrons. The summed E-state index contributed by atoms with van der Waals surface area (Å²) in [5.74, 6) is 1.79. The van der Waals surface area contributed by atoms with E-state index >= 15 is 0 Å². The largest absolute Gasteiger partial charge is 0.490 e. The van der Waals surface area contributed by atoms with Gasteiger partial charge in [-0.1, -0.05) is 27.5 Å². The average molecular weight is 466 g/mol. The minimum Gasteiger partial charge on any atom is -0.490 e. The summed E-state index contributed by atoms with van der Waals surface area (Å²) >= 11 is 9.79. The van der Waals surface area contributed by atoms with Crippen LogP contribution in [0.4, 0.5) is 0 Å². The van der Waals surface area contributed by atoms with E-state index in [1.54, 1.807) is 12.3 Å². The fraction of sp³-hybridized carbons (Fsp3) is 0.211. The van der Waals surface area contributed by atoms with E-state index in [4.69, 9.17) is 25.8 Å². The second-order valence-electron chi connectivity index (χ2n) is 5.50. The monoisotopic (exact) mass is 464 g/mol. The lowest BCUT2D eigenvalue weighted by Crippen LogP contribution is -2.10. The minimum absolute atomic E-state index is 0.323. The van der Waals surface area contributed by atoms with Gasteiger partial charge >= 0.3 is 0 Å². The number of rotatable bonds is 9. The van der Waals surface area contributed by atoms with Crippen LogP contribution in [0, 0.1) is 0 Å². The Morgan fingerprint density at radius 2 is 1.79 bits per heavy atom. The molecule has 2 aromatic carbocycles. The first kappa shape index (κ1) is 20.2. The van der Waals surface area contributed by atoms with Crippen molar-refractivity contribution in [3.05, 3.63) is 64.1 Å². The predicted octanol–water partition coefficient (Wildman–Crippen LogP) is 4.43. The SMILES string of the molecule is CCOc1cc(C=Nn2cnnc2)cc(Cl)c1OCCOc1ccc(Br)cc1. The molecule has 0 unspecified atom stereocenters. The molecule has 0 N–H and O–H groups in total. The summed E-state index contributed by atoms with van der Waals surface area (Å²) in [6, 6.07) is 11.2. The quantitative estimate of drug-likeness (QED) is 0.345. The normalized spacial score (nSPS) is 11.0. The van der Waals surface area contributed by atoms with Gasteiger partial charge in [0.1, 0.15) is 31.6 Å². The summed E-state index contributed by atoms with van der Waals surface area (Å²) in [5.41, 5.74) is 0.764. The standard InChI is InChI=1S/C19H18BrClN4O3/c1-2-26-18-10-14(11-24-25-12-22-23-13-25)9-17(21)19(18)28-8-7-27-16-5-3-15(20)4-6-16/h3-6,9-13H,2,7-8H2,1H3. The Bertz CT molecular complexity index is 918.